The van der Waals surface area contributed by atoms with Gasteiger partial charge >= 0.3 is 18.3 Å². The molecule has 12 heterocycles. The van der Waals surface area contributed by atoms with E-state index in [0.29, 0.717) is 111 Å². The fraction of sp³-hybridized carbons (Fsp3) is 0.471. The molecule has 6 fully saturated rings. The minimum absolute atomic E-state index is 0.0618. The molecule has 8 amide bonds. The lowest BCUT2D eigenvalue weighted by Gasteiger charge is -2.35. The summed E-state index contributed by atoms with van der Waals surface area (Å²) < 4.78 is 38.8. The number of nitrogens with one attached hydrogen (secondary N) is 4. The number of hydrogen-bond donors (Lipinski definition) is 7. The number of hydrogen-bond acceptors (Lipinski definition) is 34. The molecule has 8 aliphatic heterocycles. The van der Waals surface area contributed by atoms with Crippen molar-refractivity contribution in [2.45, 2.75) is 105 Å². The average Bonchev–Trinajstić information content (AvgIpc) is 1.68. The predicted molar refractivity (Wildman–Crippen MR) is 461 cm³/mol. The highest BCUT2D eigenvalue weighted by Gasteiger charge is 2.38. The number of benzene rings is 4. The van der Waals surface area contributed by atoms with Crippen LogP contribution >= 0.6 is 0 Å². The SMILES string of the molecule is COc1c(OCCCN2CCN(C(=O)Oc3ccc(CN4CCNCC4)cc3C)CC2)ccc2c3n(c(=NC(=O)c4cnc(N)nc4)nc12)CCN3.COc1c(OCCCN2CCNCC2)ccc2c3n(c(=NC(=O)c4cnc(N)nc4)nc12)CCN3.Cc1cc(CN2CCN(C(=O)OC(C)(C)C)CC2)ccc1O.O=C(ON1C(=O)CCC1=O)ON1C(=O)CCC1=O. The first-order valence-electron chi connectivity index (χ1n) is 42.3. The second kappa shape index (κ2) is 42.6. The number of nitrogen functional groups attached to an aromatic ring is 2. The van der Waals surface area contributed by atoms with Gasteiger partial charge in [0.05, 0.1) is 38.6 Å². The zero-order valence-corrected chi connectivity index (χ0v) is 72.3. The Kier molecular flexibility index (Phi) is 30.7. The second-order valence-electron chi connectivity index (χ2n) is 31.9. The fourth-order valence-electron chi connectivity index (χ4n) is 15.1. The molecule has 4 aromatic heterocycles. The number of rotatable bonds is 21. The Hall–Kier alpha value is -13.3. The van der Waals surface area contributed by atoms with Crippen LogP contribution in [0.25, 0.3) is 21.8 Å². The smallest absolute Gasteiger partial charge is 0.508 e. The monoisotopic (exact) mass is 1750 g/mol. The molecular formula is C85H108N24O18. The van der Waals surface area contributed by atoms with Crippen molar-refractivity contribution in [3.63, 3.8) is 0 Å². The van der Waals surface area contributed by atoms with E-state index in [0.717, 1.165) is 151 Å². The summed E-state index contributed by atoms with van der Waals surface area (Å²) in [7, 11) is 3.16. The van der Waals surface area contributed by atoms with Crippen LogP contribution in [0.1, 0.15) is 102 Å². The maximum absolute atomic E-state index is 13.0. The van der Waals surface area contributed by atoms with Crippen molar-refractivity contribution < 1.29 is 86.4 Å². The van der Waals surface area contributed by atoms with Crippen LogP contribution in [0.15, 0.2) is 95.4 Å². The summed E-state index contributed by atoms with van der Waals surface area (Å²) in [6, 6.07) is 19.5. The third-order valence-electron chi connectivity index (χ3n) is 21.7. The van der Waals surface area contributed by atoms with Crippen molar-refractivity contribution >= 4 is 99.1 Å². The molecule has 127 heavy (non-hydrogen) atoms. The Morgan fingerprint density at radius 2 is 0.890 bits per heavy atom. The van der Waals surface area contributed by atoms with Gasteiger partial charge in [-0.2, -0.15) is 14.8 Å². The van der Waals surface area contributed by atoms with Crippen LogP contribution < -0.4 is 67.7 Å². The van der Waals surface area contributed by atoms with Gasteiger partial charge in [0.2, 0.25) is 23.1 Å². The van der Waals surface area contributed by atoms with E-state index in [1.807, 2.05) is 86.2 Å². The lowest BCUT2D eigenvalue weighted by atomic mass is 10.1. The number of hydroxylamine groups is 4. The van der Waals surface area contributed by atoms with Gasteiger partial charge in [-0.3, -0.25) is 62.3 Å². The highest BCUT2D eigenvalue weighted by molar-refractivity contribution is 6.03. The predicted octanol–water partition coefficient (Wildman–Crippen LogP) is 4.16. The molecule has 8 aromatic rings. The van der Waals surface area contributed by atoms with Crippen molar-refractivity contribution in [3.8, 4) is 34.5 Å². The van der Waals surface area contributed by atoms with Crippen LogP contribution in [0.2, 0.25) is 0 Å². The number of ether oxygens (including phenoxy) is 6. The normalized spacial score (nSPS) is 17.0. The molecule has 42 heteroatoms. The molecule has 0 unspecified atom stereocenters. The van der Waals surface area contributed by atoms with Gasteiger partial charge in [0.25, 0.3) is 35.4 Å². The summed E-state index contributed by atoms with van der Waals surface area (Å²) in [6.07, 6.45) is 4.81. The zero-order valence-electron chi connectivity index (χ0n) is 72.3. The molecule has 0 atom stereocenters. The molecule has 0 aliphatic carbocycles. The van der Waals surface area contributed by atoms with Gasteiger partial charge in [0.15, 0.2) is 23.0 Å². The molecule has 0 spiro atoms. The Morgan fingerprint density at radius 3 is 1.32 bits per heavy atom. The Labute approximate surface area is 731 Å². The third-order valence-corrected chi connectivity index (χ3v) is 21.7. The lowest BCUT2D eigenvalue weighted by molar-refractivity contribution is -0.198. The molecule has 0 radical (unpaired) electrons. The lowest BCUT2D eigenvalue weighted by Crippen LogP contribution is -2.49. The summed E-state index contributed by atoms with van der Waals surface area (Å²) in [5.41, 5.74) is 17.0. The van der Waals surface area contributed by atoms with E-state index in [2.05, 4.69) is 92.6 Å². The van der Waals surface area contributed by atoms with Crippen molar-refractivity contribution in [1.82, 2.24) is 89.2 Å². The number of carbonyl (C=O) groups is 9. The van der Waals surface area contributed by atoms with Crippen molar-refractivity contribution in [2.24, 2.45) is 9.98 Å². The zero-order chi connectivity index (χ0) is 89.8. The Bertz CT molecular complexity index is 5420. The van der Waals surface area contributed by atoms with Gasteiger partial charge in [0.1, 0.15) is 39.8 Å². The number of carbonyl (C=O) groups excluding carboxylic acids is 9. The van der Waals surface area contributed by atoms with Crippen molar-refractivity contribution in [2.75, 3.05) is 180 Å². The molecule has 9 N–H and O–H groups in total. The van der Waals surface area contributed by atoms with E-state index in [1.165, 1.54) is 35.9 Å². The number of nitrogens with two attached hydrogens (primary N) is 2. The van der Waals surface area contributed by atoms with Gasteiger partial charge in [-0.15, -0.1) is 0 Å². The molecule has 6 saturated heterocycles. The first-order chi connectivity index (χ1) is 61.2. The molecule has 8 aliphatic rings. The third kappa shape index (κ3) is 24.0. The van der Waals surface area contributed by atoms with E-state index >= 15 is 0 Å². The van der Waals surface area contributed by atoms with Crippen LogP contribution in [0.5, 0.6) is 34.5 Å². The van der Waals surface area contributed by atoms with E-state index in [1.54, 1.807) is 30.1 Å². The molecule has 4 aromatic carbocycles. The van der Waals surface area contributed by atoms with Crippen LogP contribution in [-0.2, 0) is 59.8 Å². The number of imide groups is 2. The minimum atomic E-state index is -1.48. The van der Waals surface area contributed by atoms with E-state index in [9.17, 15) is 48.3 Å². The number of anilines is 4. The topological polar surface area (TPSA) is 486 Å². The quantitative estimate of drug-likeness (QED) is 0.0392. The number of phenolic OH excluding ortho intramolecular Hbond substituents is 1. The van der Waals surface area contributed by atoms with E-state index in [-0.39, 0.29) is 82.3 Å². The van der Waals surface area contributed by atoms with Gasteiger partial charge in [-0.05, 0) is 106 Å². The number of methoxy groups -OCH3 is 2. The minimum Gasteiger partial charge on any atom is -0.508 e. The van der Waals surface area contributed by atoms with E-state index < -0.39 is 47.2 Å². The molecule has 0 saturated carbocycles. The summed E-state index contributed by atoms with van der Waals surface area (Å²) in [5, 5.41) is 25.3. The average molecular weight is 1750 g/mol. The van der Waals surface area contributed by atoms with Gasteiger partial charge < -0.3 is 81.0 Å². The number of amides is 8. The maximum atomic E-state index is 13.0. The molecule has 42 nitrogen and oxygen atoms in total. The summed E-state index contributed by atoms with van der Waals surface area (Å²) in [5.74, 6) is 1.11. The number of phenols is 1. The van der Waals surface area contributed by atoms with Crippen molar-refractivity contribution in [1.29, 1.82) is 0 Å². The van der Waals surface area contributed by atoms with Crippen LogP contribution in [0, 0.1) is 13.8 Å². The van der Waals surface area contributed by atoms with E-state index in [4.69, 9.17) is 49.9 Å². The summed E-state index contributed by atoms with van der Waals surface area (Å²) >= 11 is 0. The number of fused-ring (bicyclic) bond motifs is 6. The highest BCUT2D eigenvalue weighted by Crippen LogP contribution is 2.39. The Balaban J connectivity index is 0.000000158. The van der Waals surface area contributed by atoms with Gasteiger partial charge in [0, 0.05) is 218 Å². The first kappa shape index (κ1) is 91.4. The fourth-order valence-corrected chi connectivity index (χ4v) is 15.1. The highest BCUT2D eigenvalue weighted by atomic mass is 16.9. The summed E-state index contributed by atoms with van der Waals surface area (Å²) in [4.78, 5) is 162. The molecule has 16 rings (SSSR count). The van der Waals surface area contributed by atoms with Gasteiger partial charge in [-0.1, -0.05) is 34.4 Å². The number of aromatic hydroxyl groups is 1. The molecular weight excluding hydrogens is 1650 g/mol. The molecule has 676 valence electrons. The molecule has 0 bridgehead atoms. The maximum Gasteiger partial charge on any atom is 0.560 e. The second-order valence-corrected chi connectivity index (χ2v) is 31.9. The largest absolute Gasteiger partial charge is 0.560 e. The number of aryl methyl sites for hydroxylation is 2. The number of nitrogens with zero attached hydrogens (tertiary/aromatic N) is 18. The Morgan fingerprint density at radius 1 is 0.488 bits per heavy atom. The van der Waals surface area contributed by atoms with Crippen LogP contribution in [-0.4, -0.2) is 301 Å². The van der Waals surface area contributed by atoms with Gasteiger partial charge in [-0.25, -0.2) is 39.5 Å². The number of piperazine rings is 4. The van der Waals surface area contributed by atoms with Crippen molar-refractivity contribution in [3.05, 3.63) is 130 Å². The van der Waals surface area contributed by atoms with Crippen LogP contribution in [0.3, 0.4) is 0 Å². The van der Waals surface area contributed by atoms with Crippen LogP contribution in [0.4, 0.5) is 37.9 Å². The standard InChI is InChI=1S/C36H45N11O5.C23H29N9O3.C17H26N2O3.C9H8N2O7/c1-24-20-25(23-45-12-8-38-9-13-45)4-6-28(24)52-36(49)46-17-15-44(16-18-46)11-3-19-51-29-7-5-27-30(31(29)50-2)42-35(47-14-10-39-32(27)47)43-33(48)26-21-40-34(37)41-22-26;1-34-19-17(35-12-2-8-31-9-5-25-6-10-31)4-3-16-18(19)29-23(32-11-7-26-20(16)32)30-21(33)15-13-27-22(24)28-14-15;1-13-11-14(5-6-15(13)20)12-18-7-9-19(10-8-18)16(21)22-17(2,3)4;12-5-1-2-6(13)10(5)17-9(16)18-11-7(14)3-4-8(11)15/h4-7,20-22,38-39H,3,8-19,23H2,1-2H3,(H2,37,40,41);3-4,13-14,25-26H,2,5-12H2,1H3,(H2,24,27,28);5-6,11,20H,7-10,12H2,1-4H3;1-4H2. The number of aromatic nitrogens is 8. The summed E-state index contributed by atoms with van der Waals surface area (Å²) in [6.45, 7) is 30.8. The first-order valence-corrected chi connectivity index (χ1v) is 42.3.